The summed E-state index contributed by atoms with van der Waals surface area (Å²) in [7, 11) is 2.05. The van der Waals surface area contributed by atoms with Gasteiger partial charge in [0.05, 0.1) is 0 Å². The molecular weight excluding hydrogens is 168 g/mol. The molecule has 0 fully saturated rings. The lowest BCUT2D eigenvalue weighted by molar-refractivity contribution is 1.43. The Bertz CT molecular complexity index is 93.0. The Morgan fingerprint density at radius 3 is 1.00 bits per heavy atom. The second kappa shape index (κ2) is 2.95. The van der Waals surface area contributed by atoms with E-state index in [9.17, 15) is 0 Å². The van der Waals surface area contributed by atoms with Gasteiger partial charge >= 0.3 is 0 Å². The number of rotatable bonds is 2. The molecule has 0 atom stereocenters. The van der Waals surface area contributed by atoms with Crippen molar-refractivity contribution in [3.8, 4) is 0 Å². The monoisotopic (exact) mass is 187 g/mol. The maximum Gasteiger partial charge on any atom is 0.0414 e. The molecule has 0 N–H and O–H groups in total. The molecule has 0 aliphatic carbocycles. The lowest BCUT2D eigenvalue weighted by Crippen LogP contribution is -2.43. The summed E-state index contributed by atoms with van der Waals surface area (Å²) in [4.78, 5) is 0.847. The second-order valence-corrected chi connectivity index (χ2v) is 18.1. The van der Waals surface area contributed by atoms with Crippen LogP contribution in [0.5, 0.6) is 0 Å². The van der Waals surface area contributed by atoms with E-state index in [1.807, 2.05) is 0 Å². The summed E-state index contributed by atoms with van der Waals surface area (Å²) in [6.07, 6.45) is 0. The van der Waals surface area contributed by atoms with Crippen LogP contribution >= 0.6 is 0 Å². The fourth-order valence-electron chi connectivity index (χ4n) is 1.30. The lowest BCUT2D eigenvalue weighted by Gasteiger charge is -2.35. The van der Waals surface area contributed by atoms with Gasteiger partial charge in [0.25, 0.3) is 0 Å². The molecule has 0 aliphatic heterocycles. The van der Waals surface area contributed by atoms with E-state index in [1.165, 1.54) is 0 Å². The van der Waals surface area contributed by atoms with Gasteiger partial charge in [-0.3, -0.25) is 0 Å². The Morgan fingerprint density at radius 2 is 1.00 bits per heavy atom. The van der Waals surface area contributed by atoms with E-state index in [1.54, 1.807) is 0 Å². The Kier molecular flexibility index (Phi) is 3.14. The van der Waals surface area contributed by atoms with Gasteiger partial charge in [-0.2, -0.15) is 0 Å². The van der Waals surface area contributed by atoms with Gasteiger partial charge in [0.2, 0.25) is 0 Å². The molecule has 0 bridgehead atoms. The summed E-state index contributed by atoms with van der Waals surface area (Å²) in [5, 5.41) is 0. The summed E-state index contributed by atoms with van der Waals surface area (Å²) in [6.45, 7) is 14.6. The van der Waals surface area contributed by atoms with Crippen LogP contribution < -0.4 is 0 Å². The molecule has 0 saturated heterocycles. The molecule has 0 spiro atoms. The van der Waals surface area contributed by atoms with Crippen LogP contribution in [-0.4, -0.2) is 26.4 Å². The molecule has 0 aromatic rings. The van der Waals surface area contributed by atoms with E-state index in [0.29, 0.717) is 0 Å². The van der Waals surface area contributed by atoms with E-state index >= 15 is 0 Å². The third-order valence-corrected chi connectivity index (χ3v) is 15.6. The van der Waals surface area contributed by atoms with Crippen LogP contribution in [0.1, 0.15) is 0 Å². The summed E-state index contributed by atoms with van der Waals surface area (Å²) >= 11 is 0. The molecule has 0 saturated carbocycles. The largest absolute Gasteiger partial charge is 0.0698 e. The summed E-state index contributed by atoms with van der Waals surface area (Å²) in [5.41, 5.74) is 0. The summed E-state index contributed by atoms with van der Waals surface area (Å²) < 4.78 is 0. The fraction of sp³-hybridized carbons (Fsp3) is 1.00. The van der Waals surface area contributed by atoms with Gasteiger partial charge in [0, 0.05) is 26.4 Å². The molecule has 0 aromatic carbocycles. The summed E-state index contributed by atoms with van der Waals surface area (Å²) in [6, 6.07) is 0. The maximum absolute atomic E-state index is 3.89. The molecule has 0 aromatic heterocycles. The highest BCUT2D eigenvalue weighted by atomic mass is 28.4. The Labute approximate surface area is 70.9 Å². The highest BCUT2D eigenvalue weighted by Crippen LogP contribution is 2.28. The van der Waals surface area contributed by atoms with Crippen molar-refractivity contribution in [1.82, 2.24) is 0 Å². The zero-order chi connectivity index (χ0) is 8.58. The first-order valence-corrected chi connectivity index (χ1v) is 11.6. The van der Waals surface area contributed by atoms with Crippen molar-refractivity contribution in [2.75, 3.05) is 0 Å². The third kappa shape index (κ3) is 3.16. The van der Waals surface area contributed by atoms with E-state index in [-0.39, 0.29) is 0 Å². The fourth-order valence-corrected chi connectivity index (χ4v) is 11.7. The third-order valence-electron chi connectivity index (χ3n) is 1.73. The number of hydrogen-bond donors (Lipinski definition) is 0. The second-order valence-electron chi connectivity index (χ2n) is 5.17. The van der Waals surface area contributed by atoms with E-state index < -0.39 is 16.1 Å². The van der Waals surface area contributed by atoms with Crippen LogP contribution in [0.25, 0.3) is 0 Å². The average molecular weight is 187 g/mol. The molecule has 3 heteroatoms. The van der Waals surface area contributed by atoms with Crippen LogP contribution in [0, 0.1) is 0 Å². The predicted molar refractivity (Wildman–Crippen MR) is 56.2 cm³/mol. The van der Waals surface area contributed by atoms with Crippen molar-refractivity contribution in [1.29, 1.82) is 0 Å². The minimum Gasteiger partial charge on any atom is -0.0698 e. The predicted octanol–water partition coefficient (Wildman–Crippen LogP) is 2.70. The van der Waals surface area contributed by atoms with Gasteiger partial charge in [0.1, 0.15) is 0 Å². The van der Waals surface area contributed by atoms with Gasteiger partial charge in [-0.15, -0.1) is 0 Å². The first-order valence-electron chi connectivity index (χ1n) is 3.87. The minimum absolute atomic E-state index is 0.847. The molecule has 0 aliphatic rings. The van der Waals surface area contributed by atoms with Crippen LogP contribution in [0.15, 0.2) is 0 Å². The van der Waals surface area contributed by atoms with Crippen LogP contribution in [0.3, 0.4) is 0 Å². The van der Waals surface area contributed by atoms with Gasteiger partial charge in [-0.1, -0.05) is 44.1 Å². The zero-order valence-corrected chi connectivity index (χ0v) is 11.1. The average Bonchev–Trinajstić information content (AvgIpc) is 1.59. The van der Waals surface area contributed by atoms with Crippen molar-refractivity contribution >= 4 is 26.4 Å². The van der Waals surface area contributed by atoms with E-state index in [0.717, 1.165) is 4.79 Å². The topological polar surface area (TPSA) is 0 Å². The van der Waals surface area contributed by atoms with Gasteiger partial charge in [-0.25, -0.2) is 0 Å². The standard InChI is InChI=1S/C7H19Si3/c1-9(2,3)7(8)10(4,5)6/h7H,1-6H3. The normalized spacial score (nSPS) is 14.4. The maximum atomic E-state index is 3.89. The first kappa shape index (κ1) is 10.7. The van der Waals surface area contributed by atoms with E-state index in [4.69, 9.17) is 0 Å². The van der Waals surface area contributed by atoms with Crippen LogP contribution in [-0.2, 0) is 0 Å². The quantitative estimate of drug-likeness (QED) is 0.583. The van der Waals surface area contributed by atoms with Gasteiger partial charge in [-0.05, 0) is 0 Å². The van der Waals surface area contributed by atoms with Crippen molar-refractivity contribution < 1.29 is 0 Å². The van der Waals surface area contributed by atoms with Crippen LogP contribution in [0.2, 0.25) is 44.1 Å². The first-order chi connectivity index (χ1) is 4.15. The minimum atomic E-state index is -0.921. The van der Waals surface area contributed by atoms with Crippen molar-refractivity contribution in [3.63, 3.8) is 0 Å². The van der Waals surface area contributed by atoms with Gasteiger partial charge < -0.3 is 0 Å². The smallest absolute Gasteiger partial charge is 0.0414 e. The zero-order valence-electron chi connectivity index (χ0n) is 8.08. The molecule has 0 heterocycles. The lowest BCUT2D eigenvalue weighted by atomic mass is 11.7. The molecule has 0 amide bonds. The van der Waals surface area contributed by atoms with Gasteiger partial charge in [0.15, 0.2) is 0 Å². The summed E-state index contributed by atoms with van der Waals surface area (Å²) in [5.74, 6) is 0. The molecule has 0 unspecified atom stereocenters. The molecule has 0 nitrogen and oxygen atoms in total. The van der Waals surface area contributed by atoms with Crippen LogP contribution in [0.4, 0.5) is 0 Å². The van der Waals surface area contributed by atoms with Crippen molar-refractivity contribution in [2.24, 2.45) is 0 Å². The Hall–Kier alpha value is 0.651. The molecule has 0 rings (SSSR count). The molecule has 10 heavy (non-hydrogen) atoms. The Morgan fingerprint density at radius 1 is 0.800 bits per heavy atom. The highest BCUT2D eigenvalue weighted by molar-refractivity contribution is 7.02. The molecular formula is C7H19Si3. The van der Waals surface area contributed by atoms with Crippen molar-refractivity contribution in [3.05, 3.63) is 0 Å². The number of hydrogen-bond acceptors (Lipinski definition) is 0. The van der Waals surface area contributed by atoms with Crippen molar-refractivity contribution in [2.45, 2.75) is 44.1 Å². The molecule has 59 valence electrons. The van der Waals surface area contributed by atoms with E-state index in [2.05, 4.69) is 49.5 Å². The highest BCUT2D eigenvalue weighted by Gasteiger charge is 2.33. The molecule has 3 radical (unpaired) electrons. The SMILES string of the molecule is C[Si](C)(C)C([Si])[Si](C)(C)C. The Balaban J connectivity index is 4.23.